The van der Waals surface area contributed by atoms with Crippen molar-refractivity contribution in [2.75, 3.05) is 12.3 Å². The van der Waals surface area contributed by atoms with Crippen LogP contribution in [0.5, 0.6) is 0 Å². The molecule has 0 aromatic heterocycles. The van der Waals surface area contributed by atoms with Crippen molar-refractivity contribution in [2.45, 2.75) is 32.2 Å². The molecule has 1 aliphatic heterocycles. The van der Waals surface area contributed by atoms with Gasteiger partial charge in [-0.1, -0.05) is 11.6 Å². The van der Waals surface area contributed by atoms with Gasteiger partial charge >= 0.3 is 0 Å². The van der Waals surface area contributed by atoms with Crippen molar-refractivity contribution < 1.29 is 4.79 Å². The zero-order valence-electron chi connectivity index (χ0n) is 10.2. The molecule has 92 valence electrons. The largest absolute Gasteiger partial charge is 0.399 e. The molecule has 2 rings (SSSR count). The van der Waals surface area contributed by atoms with Crippen molar-refractivity contribution in [3.05, 3.63) is 28.8 Å². The third-order valence-corrected chi connectivity index (χ3v) is 3.70. The van der Waals surface area contributed by atoms with E-state index < -0.39 is 0 Å². The molecule has 0 bridgehead atoms. The van der Waals surface area contributed by atoms with Gasteiger partial charge in [0, 0.05) is 17.8 Å². The molecule has 1 saturated heterocycles. The zero-order chi connectivity index (χ0) is 12.6. The number of nitrogen functional groups attached to an aromatic ring is 1. The Morgan fingerprint density at radius 3 is 2.76 bits per heavy atom. The van der Waals surface area contributed by atoms with E-state index >= 15 is 0 Å². The van der Waals surface area contributed by atoms with E-state index in [0.717, 1.165) is 19.4 Å². The standard InChI is InChI=1S/C13H17ClN2O/c1-13(2)6-3-7-16(13)12(17)10-8-9(15)4-5-11(10)14/h4-5,8H,3,6-7,15H2,1-2H3. The molecule has 0 aliphatic carbocycles. The first kappa shape index (κ1) is 12.2. The molecule has 4 heteroatoms. The summed E-state index contributed by atoms with van der Waals surface area (Å²) in [5.41, 5.74) is 6.68. The number of hydrogen-bond acceptors (Lipinski definition) is 2. The Balaban J connectivity index is 2.34. The van der Waals surface area contributed by atoms with Crippen LogP contribution >= 0.6 is 11.6 Å². The van der Waals surface area contributed by atoms with Crippen LogP contribution in [0, 0.1) is 0 Å². The topological polar surface area (TPSA) is 46.3 Å². The average Bonchev–Trinajstić information content (AvgIpc) is 2.61. The lowest BCUT2D eigenvalue weighted by molar-refractivity contribution is 0.0652. The van der Waals surface area contributed by atoms with E-state index in [4.69, 9.17) is 17.3 Å². The highest BCUT2D eigenvalue weighted by Gasteiger charge is 2.36. The lowest BCUT2D eigenvalue weighted by Gasteiger charge is -2.32. The number of carbonyl (C=O) groups is 1. The number of anilines is 1. The van der Waals surface area contributed by atoms with Crippen LogP contribution in [0.15, 0.2) is 18.2 Å². The molecule has 1 aromatic rings. The molecule has 0 radical (unpaired) electrons. The van der Waals surface area contributed by atoms with Crippen LogP contribution in [0.4, 0.5) is 5.69 Å². The lowest BCUT2D eigenvalue weighted by Crippen LogP contribution is -2.42. The molecule has 0 atom stereocenters. The molecule has 17 heavy (non-hydrogen) atoms. The molecular weight excluding hydrogens is 236 g/mol. The molecular formula is C13H17ClN2O. The summed E-state index contributed by atoms with van der Waals surface area (Å²) in [6.07, 6.45) is 2.07. The predicted octanol–water partition coefficient (Wildman–Crippen LogP) is 2.94. The van der Waals surface area contributed by atoms with Crippen molar-refractivity contribution in [3.8, 4) is 0 Å². The molecule has 3 nitrogen and oxygen atoms in total. The second-order valence-corrected chi connectivity index (χ2v) is 5.52. The Morgan fingerprint density at radius 2 is 2.18 bits per heavy atom. The van der Waals surface area contributed by atoms with Crippen molar-refractivity contribution in [1.29, 1.82) is 0 Å². The van der Waals surface area contributed by atoms with Crippen LogP contribution < -0.4 is 5.73 Å². The maximum Gasteiger partial charge on any atom is 0.255 e. The highest BCUT2D eigenvalue weighted by molar-refractivity contribution is 6.34. The van der Waals surface area contributed by atoms with E-state index in [-0.39, 0.29) is 11.4 Å². The number of nitrogens with two attached hydrogens (primary N) is 1. The summed E-state index contributed by atoms with van der Waals surface area (Å²) in [7, 11) is 0. The normalized spacial score (nSPS) is 18.4. The number of amides is 1. The molecule has 0 spiro atoms. The van der Waals surface area contributed by atoms with Gasteiger partial charge in [-0.2, -0.15) is 0 Å². The highest BCUT2D eigenvalue weighted by atomic mass is 35.5. The minimum absolute atomic E-state index is 0.0233. The monoisotopic (exact) mass is 252 g/mol. The molecule has 0 saturated carbocycles. The maximum absolute atomic E-state index is 12.4. The van der Waals surface area contributed by atoms with Crippen LogP contribution in [0.2, 0.25) is 5.02 Å². The summed E-state index contributed by atoms with van der Waals surface area (Å²) < 4.78 is 0. The van der Waals surface area contributed by atoms with Crippen LogP contribution in [0.1, 0.15) is 37.0 Å². The quantitative estimate of drug-likeness (QED) is 0.781. The van der Waals surface area contributed by atoms with Gasteiger partial charge < -0.3 is 10.6 Å². The SMILES string of the molecule is CC1(C)CCCN1C(=O)c1cc(N)ccc1Cl. The average molecular weight is 253 g/mol. The van der Waals surface area contributed by atoms with Gasteiger partial charge in [-0.3, -0.25) is 4.79 Å². The fourth-order valence-electron chi connectivity index (χ4n) is 2.34. The molecule has 1 heterocycles. The molecule has 1 aromatic carbocycles. The van der Waals surface area contributed by atoms with E-state index in [1.165, 1.54) is 0 Å². The molecule has 2 N–H and O–H groups in total. The number of likely N-dealkylation sites (tertiary alicyclic amines) is 1. The minimum atomic E-state index is -0.0922. The molecule has 0 unspecified atom stereocenters. The zero-order valence-corrected chi connectivity index (χ0v) is 10.9. The summed E-state index contributed by atoms with van der Waals surface area (Å²) in [6.45, 7) is 4.95. The number of carbonyl (C=O) groups excluding carboxylic acids is 1. The number of hydrogen-bond donors (Lipinski definition) is 1. The number of nitrogens with zero attached hydrogens (tertiary/aromatic N) is 1. The minimum Gasteiger partial charge on any atom is -0.399 e. The Kier molecular flexibility index (Phi) is 3.04. The summed E-state index contributed by atoms with van der Waals surface area (Å²) in [6, 6.07) is 5.03. The summed E-state index contributed by atoms with van der Waals surface area (Å²) >= 11 is 6.06. The second-order valence-electron chi connectivity index (χ2n) is 5.11. The van der Waals surface area contributed by atoms with E-state index in [1.807, 2.05) is 4.90 Å². The van der Waals surface area contributed by atoms with Crippen LogP contribution in [0.25, 0.3) is 0 Å². The number of rotatable bonds is 1. The summed E-state index contributed by atoms with van der Waals surface area (Å²) in [4.78, 5) is 14.3. The summed E-state index contributed by atoms with van der Waals surface area (Å²) in [5.74, 6) is -0.0233. The van der Waals surface area contributed by atoms with Gasteiger partial charge in [-0.15, -0.1) is 0 Å². The van der Waals surface area contributed by atoms with Crippen LogP contribution in [-0.2, 0) is 0 Å². The number of benzene rings is 1. The predicted molar refractivity (Wildman–Crippen MR) is 70.2 cm³/mol. The lowest BCUT2D eigenvalue weighted by atomic mass is 10.0. The van der Waals surface area contributed by atoms with E-state index in [1.54, 1.807) is 18.2 Å². The number of halogens is 1. The van der Waals surface area contributed by atoms with Gasteiger partial charge in [0.1, 0.15) is 0 Å². The van der Waals surface area contributed by atoms with Crippen molar-refractivity contribution in [1.82, 2.24) is 4.90 Å². The van der Waals surface area contributed by atoms with Crippen LogP contribution in [0.3, 0.4) is 0 Å². The van der Waals surface area contributed by atoms with Crippen LogP contribution in [-0.4, -0.2) is 22.9 Å². The van der Waals surface area contributed by atoms with Crippen molar-refractivity contribution in [2.24, 2.45) is 0 Å². The molecule has 1 amide bonds. The maximum atomic E-state index is 12.4. The fraction of sp³-hybridized carbons (Fsp3) is 0.462. The first-order chi connectivity index (χ1) is 7.92. The van der Waals surface area contributed by atoms with Gasteiger partial charge in [-0.05, 0) is 44.9 Å². The van der Waals surface area contributed by atoms with Gasteiger partial charge in [-0.25, -0.2) is 0 Å². The van der Waals surface area contributed by atoms with E-state index in [0.29, 0.717) is 16.3 Å². The fourth-order valence-corrected chi connectivity index (χ4v) is 2.53. The Morgan fingerprint density at radius 1 is 1.47 bits per heavy atom. The highest BCUT2D eigenvalue weighted by Crippen LogP contribution is 2.31. The van der Waals surface area contributed by atoms with Gasteiger partial charge in [0.15, 0.2) is 0 Å². The summed E-state index contributed by atoms with van der Waals surface area (Å²) in [5, 5.41) is 0.465. The van der Waals surface area contributed by atoms with Crippen molar-refractivity contribution in [3.63, 3.8) is 0 Å². The molecule has 1 aliphatic rings. The van der Waals surface area contributed by atoms with E-state index in [9.17, 15) is 4.79 Å². The van der Waals surface area contributed by atoms with Gasteiger partial charge in [0.2, 0.25) is 0 Å². The van der Waals surface area contributed by atoms with E-state index in [2.05, 4.69) is 13.8 Å². The Labute approximate surface area is 107 Å². The Hall–Kier alpha value is -1.22. The van der Waals surface area contributed by atoms with Gasteiger partial charge in [0.25, 0.3) is 5.91 Å². The van der Waals surface area contributed by atoms with Gasteiger partial charge in [0.05, 0.1) is 10.6 Å². The molecule has 1 fully saturated rings. The Bertz CT molecular complexity index is 457. The smallest absolute Gasteiger partial charge is 0.255 e. The second kappa shape index (κ2) is 4.22. The van der Waals surface area contributed by atoms with Crippen molar-refractivity contribution >= 4 is 23.2 Å². The first-order valence-corrected chi connectivity index (χ1v) is 6.16. The first-order valence-electron chi connectivity index (χ1n) is 5.79. The third kappa shape index (κ3) is 2.25. The third-order valence-electron chi connectivity index (χ3n) is 3.37.